The molecule has 0 aliphatic rings. The van der Waals surface area contributed by atoms with E-state index in [1.165, 1.54) is 22.3 Å². The number of nitrogens with one attached hydrogen (secondary N) is 1. The van der Waals surface area contributed by atoms with Gasteiger partial charge in [-0.1, -0.05) is 71.8 Å². The molecule has 214 valence electrons. The van der Waals surface area contributed by atoms with Gasteiger partial charge in [0.2, 0.25) is 5.62 Å². The number of ether oxygens (including phenoxy) is 4. The van der Waals surface area contributed by atoms with Gasteiger partial charge in [-0.05, 0) is 49.9 Å². The van der Waals surface area contributed by atoms with Crippen LogP contribution in [0, 0.1) is 19.3 Å². The highest BCUT2D eigenvalue weighted by molar-refractivity contribution is 5.76. The predicted molar refractivity (Wildman–Crippen MR) is 159 cm³/mol. The van der Waals surface area contributed by atoms with E-state index in [4.69, 9.17) is 18.9 Å². The molecule has 0 fully saturated rings. The summed E-state index contributed by atoms with van der Waals surface area (Å²) in [6, 6.07) is 25.4. The second-order valence-electron chi connectivity index (χ2n) is 10.3. The molecule has 4 aromatic rings. The van der Waals surface area contributed by atoms with Crippen LogP contribution in [0.2, 0.25) is 0 Å². The lowest BCUT2D eigenvalue weighted by Gasteiger charge is -2.21. The minimum atomic E-state index is -0.316. The average Bonchev–Trinajstić information content (AvgIpc) is 3.24. The summed E-state index contributed by atoms with van der Waals surface area (Å²) in [5, 5.41) is 9.31. The van der Waals surface area contributed by atoms with Crippen LogP contribution in [0.3, 0.4) is 0 Å². The van der Waals surface area contributed by atoms with Crippen LogP contribution in [0.15, 0.2) is 72.8 Å². The first-order valence-electron chi connectivity index (χ1n) is 14.1. The highest BCUT2D eigenvalue weighted by Crippen LogP contribution is 2.22. The number of rotatable bonds is 16. The summed E-state index contributed by atoms with van der Waals surface area (Å²) in [5.74, 6) is 0. The normalized spacial score (nSPS) is 13.1. The number of fused-ring (bicyclic) bond motifs is 1. The fourth-order valence-corrected chi connectivity index (χ4v) is 4.97. The fraction of sp³-hybridized carbons (Fsp3) is 0.424. The van der Waals surface area contributed by atoms with Crippen molar-refractivity contribution in [1.82, 2.24) is 9.13 Å². The molecule has 0 saturated carbocycles. The second-order valence-corrected chi connectivity index (χ2v) is 10.3. The third-order valence-corrected chi connectivity index (χ3v) is 7.20. The predicted octanol–water partition coefficient (Wildman–Crippen LogP) is 5.80. The maximum absolute atomic E-state index is 9.31. The summed E-state index contributed by atoms with van der Waals surface area (Å²) in [7, 11) is 3.35. The SMILES string of the molecule is COCCCOC(CCOC[C@H](Cc1ccc(C)cc1)n1c(=N)n(Cc2ccc(C)cc2)c2ccccc21)OC. The van der Waals surface area contributed by atoms with Gasteiger partial charge in [-0.15, -0.1) is 0 Å². The van der Waals surface area contributed by atoms with E-state index >= 15 is 0 Å². The molecule has 1 aromatic heterocycles. The molecule has 0 bridgehead atoms. The highest BCUT2D eigenvalue weighted by atomic mass is 16.7. The van der Waals surface area contributed by atoms with Crippen LogP contribution in [0.4, 0.5) is 0 Å². The minimum Gasteiger partial charge on any atom is -0.385 e. The first kappa shape index (κ1) is 29.7. The van der Waals surface area contributed by atoms with Gasteiger partial charge < -0.3 is 28.1 Å². The van der Waals surface area contributed by atoms with Crippen molar-refractivity contribution in [2.24, 2.45) is 0 Å². The minimum absolute atomic E-state index is 0.0528. The van der Waals surface area contributed by atoms with E-state index in [-0.39, 0.29) is 12.3 Å². The van der Waals surface area contributed by atoms with E-state index in [0.29, 0.717) is 45.0 Å². The molecule has 0 radical (unpaired) electrons. The van der Waals surface area contributed by atoms with Gasteiger partial charge in [-0.3, -0.25) is 5.41 Å². The molecule has 4 rings (SSSR count). The number of aryl methyl sites for hydroxylation is 2. The highest BCUT2D eigenvalue weighted by Gasteiger charge is 2.20. The molecular formula is C33H43N3O4. The molecule has 0 spiro atoms. The van der Waals surface area contributed by atoms with Crippen LogP contribution in [0.5, 0.6) is 0 Å². The lowest BCUT2D eigenvalue weighted by molar-refractivity contribution is -0.137. The fourth-order valence-electron chi connectivity index (χ4n) is 4.97. The Morgan fingerprint density at radius 1 is 0.775 bits per heavy atom. The molecular weight excluding hydrogens is 502 g/mol. The van der Waals surface area contributed by atoms with Crippen molar-refractivity contribution in [2.45, 2.75) is 52.0 Å². The van der Waals surface area contributed by atoms with Gasteiger partial charge in [-0.2, -0.15) is 0 Å². The van der Waals surface area contributed by atoms with Gasteiger partial charge in [0.1, 0.15) is 0 Å². The molecule has 40 heavy (non-hydrogen) atoms. The van der Waals surface area contributed by atoms with Crippen molar-refractivity contribution >= 4 is 11.0 Å². The largest absolute Gasteiger partial charge is 0.385 e. The summed E-state index contributed by atoms with van der Waals surface area (Å²) < 4.78 is 26.9. The van der Waals surface area contributed by atoms with Crippen LogP contribution < -0.4 is 5.62 Å². The third kappa shape index (κ3) is 7.92. The van der Waals surface area contributed by atoms with Crippen molar-refractivity contribution in [2.75, 3.05) is 40.6 Å². The lowest BCUT2D eigenvalue weighted by atomic mass is 10.0. The number of imidazole rings is 1. The standard InChI is InChI=1S/C33H43N3O4/c1-25-10-14-27(15-11-25)22-29(24-39-21-18-32(38-4)40-20-7-19-37-3)36-31-9-6-5-8-30(31)35(33(36)34)23-28-16-12-26(2)13-17-28/h5-6,8-17,29,32,34H,7,18-24H2,1-4H3/t29-,32?/m0/s1. The number of methoxy groups -OCH3 is 2. The Kier molecular flexibility index (Phi) is 11.1. The molecule has 7 heteroatoms. The first-order chi connectivity index (χ1) is 19.5. The number of nitrogens with zero attached hydrogens (tertiary/aromatic N) is 2. The molecule has 0 aliphatic heterocycles. The molecule has 7 nitrogen and oxygen atoms in total. The van der Waals surface area contributed by atoms with Gasteiger partial charge in [0.15, 0.2) is 6.29 Å². The van der Waals surface area contributed by atoms with Gasteiger partial charge in [-0.25, -0.2) is 0 Å². The van der Waals surface area contributed by atoms with E-state index < -0.39 is 0 Å². The maximum atomic E-state index is 9.31. The molecule has 0 amide bonds. The van der Waals surface area contributed by atoms with Crippen molar-refractivity contribution < 1.29 is 18.9 Å². The number of aromatic nitrogens is 2. The van der Waals surface area contributed by atoms with Crippen molar-refractivity contribution in [3.8, 4) is 0 Å². The quantitative estimate of drug-likeness (QED) is 0.143. The van der Waals surface area contributed by atoms with Crippen LogP contribution in [-0.2, 0) is 31.9 Å². The van der Waals surface area contributed by atoms with E-state index in [1.807, 2.05) is 12.1 Å². The number of benzene rings is 3. The summed E-state index contributed by atoms with van der Waals surface area (Å²) >= 11 is 0. The molecule has 1 N–H and O–H groups in total. The average molecular weight is 546 g/mol. The Morgan fingerprint density at radius 3 is 2.08 bits per heavy atom. The van der Waals surface area contributed by atoms with Crippen LogP contribution >= 0.6 is 0 Å². The molecule has 3 aromatic carbocycles. The summed E-state index contributed by atoms with van der Waals surface area (Å²) in [4.78, 5) is 0. The summed E-state index contributed by atoms with van der Waals surface area (Å²) in [6.07, 6.45) is 1.90. The number of hydrogen-bond acceptors (Lipinski definition) is 5. The van der Waals surface area contributed by atoms with Crippen LogP contribution in [0.25, 0.3) is 11.0 Å². The van der Waals surface area contributed by atoms with Gasteiger partial charge >= 0.3 is 0 Å². The third-order valence-electron chi connectivity index (χ3n) is 7.20. The van der Waals surface area contributed by atoms with Gasteiger partial charge in [0.25, 0.3) is 0 Å². The van der Waals surface area contributed by atoms with Crippen LogP contribution in [0.1, 0.15) is 41.1 Å². The van der Waals surface area contributed by atoms with Crippen molar-refractivity contribution in [3.63, 3.8) is 0 Å². The topological polar surface area (TPSA) is 70.6 Å². The van der Waals surface area contributed by atoms with E-state index in [2.05, 4.69) is 83.6 Å². The van der Waals surface area contributed by atoms with Crippen molar-refractivity contribution in [3.05, 3.63) is 101 Å². The zero-order valence-corrected chi connectivity index (χ0v) is 24.3. The smallest absolute Gasteiger partial charge is 0.203 e. The van der Waals surface area contributed by atoms with E-state index in [1.54, 1.807) is 14.2 Å². The zero-order valence-electron chi connectivity index (χ0n) is 24.3. The monoisotopic (exact) mass is 545 g/mol. The lowest BCUT2D eigenvalue weighted by Crippen LogP contribution is -2.31. The zero-order chi connectivity index (χ0) is 28.3. The van der Waals surface area contributed by atoms with E-state index in [0.717, 1.165) is 23.9 Å². The maximum Gasteiger partial charge on any atom is 0.203 e. The van der Waals surface area contributed by atoms with Gasteiger partial charge in [0, 0.05) is 27.2 Å². The molecule has 0 saturated heterocycles. The molecule has 2 atom stereocenters. The Labute approximate surface area is 237 Å². The summed E-state index contributed by atoms with van der Waals surface area (Å²) in [5.41, 5.74) is 7.42. The van der Waals surface area contributed by atoms with Crippen LogP contribution in [-0.4, -0.2) is 56.1 Å². The Bertz CT molecular complexity index is 1380. The number of para-hydroxylation sites is 2. The second kappa shape index (κ2) is 15.0. The van der Waals surface area contributed by atoms with Gasteiger partial charge in [0.05, 0.1) is 43.4 Å². The Hall–Kier alpha value is -3.23. The first-order valence-corrected chi connectivity index (χ1v) is 14.1. The number of hydrogen-bond donors (Lipinski definition) is 1. The summed E-state index contributed by atoms with van der Waals surface area (Å²) in [6.45, 7) is 7.06. The molecule has 1 unspecified atom stereocenters. The van der Waals surface area contributed by atoms with Crippen molar-refractivity contribution in [1.29, 1.82) is 5.41 Å². The Balaban J connectivity index is 1.56. The van der Waals surface area contributed by atoms with E-state index in [9.17, 15) is 5.41 Å². The molecule has 1 heterocycles. The Morgan fingerprint density at radius 2 is 1.43 bits per heavy atom. The molecule has 0 aliphatic carbocycles.